The summed E-state index contributed by atoms with van der Waals surface area (Å²) in [6, 6.07) is 20.7. The van der Waals surface area contributed by atoms with Crippen LogP contribution in [0.2, 0.25) is 0 Å². The van der Waals surface area contributed by atoms with Crippen LogP contribution in [0.5, 0.6) is 5.75 Å². The lowest BCUT2D eigenvalue weighted by Gasteiger charge is -2.43. The number of aliphatic imine (C=N–C) groups is 2. The first-order valence-electron chi connectivity index (χ1n) is 14.1. The molecule has 2 aliphatic rings. The number of hydrogen-bond acceptors (Lipinski definition) is 5. The number of hydrogen-bond donors (Lipinski definition) is 1. The third-order valence-electron chi connectivity index (χ3n) is 7.68. The van der Waals surface area contributed by atoms with Crippen LogP contribution in [0.3, 0.4) is 0 Å². The smallest absolute Gasteiger partial charge is 0.339 e. The maximum atomic E-state index is 15.4. The Morgan fingerprint density at radius 2 is 1.57 bits per heavy atom. The fraction of sp³-hybridized carbons (Fsp3) is 0.294. The molecule has 0 aliphatic carbocycles. The number of rotatable bonds is 9. The first kappa shape index (κ1) is 29.5. The second-order valence-corrected chi connectivity index (χ2v) is 11.6. The fourth-order valence-electron chi connectivity index (χ4n) is 5.50. The summed E-state index contributed by atoms with van der Waals surface area (Å²) in [4.78, 5) is 9.67. The van der Waals surface area contributed by atoms with E-state index in [1.807, 2.05) is 58.0 Å². The average molecular weight is 571 g/mol. The van der Waals surface area contributed by atoms with Gasteiger partial charge in [-0.3, -0.25) is 0 Å². The zero-order valence-corrected chi connectivity index (χ0v) is 24.7. The Bertz CT molecular complexity index is 1630. The van der Waals surface area contributed by atoms with Crippen LogP contribution < -0.4 is 10.1 Å². The lowest BCUT2D eigenvalue weighted by molar-refractivity contribution is -0.665. The minimum atomic E-state index is -0.959. The predicted molar refractivity (Wildman–Crippen MR) is 164 cm³/mol. The standard InChI is InChI=1S/C34H36F2N4O2/c1-22-29(20-24-12-7-9-16-28(24)36)38-33-39-32(34(2,3)4)30(21-37-18-17-23-11-6-8-15-27(23)35)40(33,41)31(22)25-13-10-14-26(19-25)42-5/h6-16,19,37H,17-18,20-21H2,1-5H3. The zero-order chi connectivity index (χ0) is 30.1. The van der Waals surface area contributed by atoms with Crippen LogP contribution >= 0.6 is 0 Å². The molecule has 1 N–H and O–H groups in total. The van der Waals surface area contributed by atoms with E-state index in [1.165, 1.54) is 12.1 Å². The zero-order valence-electron chi connectivity index (χ0n) is 24.7. The minimum Gasteiger partial charge on any atom is -0.614 e. The number of quaternary nitrogens is 1. The summed E-state index contributed by atoms with van der Waals surface area (Å²) in [6.07, 6.45) is 0.687. The molecule has 0 radical (unpaired) electrons. The molecule has 0 saturated carbocycles. The lowest BCUT2D eigenvalue weighted by Crippen LogP contribution is -2.48. The molecule has 2 heterocycles. The summed E-state index contributed by atoms with van der Waals surface area (Å²) in [5.74, 6) is 0.130. The SMILES string of the molecule is COc1cccc(C2=C(C)C(Cc3ccccc3F)=NC3=NC(C(C)(C)C)=C(CNCCc4ccccc4F)[N+]32[O-])c1. The maximum Gasteiger partial charge on any atom is 0.339 e. The van der Waals surface area contributed by atoms with E-state index in [-0.39, 0.29) is 30.6 Å². The Morgan fingerprint density at radius 1 is 0.905 bits per heavy atom. The van der Waals surface area contributed by atoms with Gasteiger partial charge in [0, 0.05) is 23.0 Å². The molecule has 0 spiro atoms. The van der Waals surface area contributed by atoms with Gasteiger partial charge in [0.2, 0.25) is 0 Å². The maximum absolute atomic E-state index is 15.4. The van der Waals surface area contributed by atoms with Crippen LogP contribution in [-0.4, -0.2) is 36.5 Å². The van der Waals surface area contributed by atoms with E-state index >= 15 is 5.21 Å². The summed E-state index contributed by atoms with van der Waals surface area (Å²) in [5, 5.41) is 18.7. The van der Waals surface area contributed by atoms with Crippen molar-refractivity contribution in [1.29, 1.82) is 0 Å². The van der Waals surface area contributed by atoms with E-state index in [1.54, 1.807) is 37.4 Å². The van der Waals surface area contributed by atoms with Crippen LogP contribution in [-0.2, 0) is 12.8 Å². The number of halogens is 2. The molecule has 1 unspecified atom stereocenters. The molecule has 0 saturated heterocycles. The summed E-state index contributed by atoms with van der Waals surface area (Å²) in [5.41, 5.74) is 4.21. The van der Waals surface area contributed by atoms with Crippen LogP contribution in [0.25, 0.3) is 5.70 Å². The van der Waals surface area contributed by atoms with Crippen LogP contribution in [0, 0.1) is 22.3 Å². The van der Waals surface area contributed by atoms with E-state index in [9.17, 15) is 8.78 Å². The monoisotopic (exact) mass is 570 g/mol. The normalized spacial score (nSPS) is 18.7. The van der Waals surface area contributed by atoms with Crippen molar-refractivity contribution in [1.82, 2.24) is 5.32 Å². The number of allylic oxidation sites excluding steroid dienone is 2. The highest BCUT2D eigenvalue weighted by Crippen LogP contribution is 2.47. The van der Waals surface area contributed by atoms with Crippen LogP contribution in [0.15, 0.2) is 99.7 Å². The number of fused-ring (bicyclic) bond motifs is 1. The van der Waals surface area contributed by atoms with Gasteiger partial charge in [0.25, 0.3) is 0 Å². The third kappa shape index (κ3) is 5.57. The second kappa shape index (κ2) is 11.7. The third-order valence-corrected chi connectivity index (χ3v) is 7.68. The van der Waals surface area contributed by atoms with Crippen LogP contribution in [0.1, 0.15) is 44.4 Å². The van der Waals surface area contributed by atoms with Gasteiger partial charge in [-0.15, -0.1) is 0 Å². The Hall–Kier alpha value is -3.98. The second-order valence-electron chi connectivity index (χ2n) is 11.6. The highest BCUT2D eigenvalue weighted by Gasteiger charge is 2.49. The molecule has 218 valence electrons. The van der Waals surface area contributed by atoms with Crippen molar-refractivity contribution in [2.45, 2.75) is 40.5 Å². The molecule has 42 heavy (non-hydrogen) atoms. The molecule has 6 nitrogen and oxygen atoms in total. The quantitative estimate of drug-likeness (QED) is 0.168. The molecule has 8 heteroatoms. The van der Waals surface area contributed by atoms with Crippen molar-refractivity contribution in [3.05, 3.63) is 123 Å². The highest BCUT2D eigenvalue weighted by molar-refractivity contribution is 6.14. The number of nitrogens with zero attached hydrogens (tertiary/aromatic N) is 3. The molecule has 0 amide bonds. The Balaban J connectivity index is 1.58. The summed E-state index contributed by atoms with van der Waals surface area (Å²) in [7, 11) is 1.58. The van der Waals surface area contributed by atoms with Gasteiger partial charge in [0.15, 0.2) is 11.4 Å². The summed E-state index contributed by atoms with van der Waals surface area (Å²) < 4.78 is 33.5. The van der Waals surface area contributed by atoms with Crippen molar-refractivity contribution >= 4 is 17.4 Å². The van der Waals surface area contributed by atoms with E-state index in [0.29, 0.717) is 63.8 Å². The van der Waals surface area contributed by atoms with Gasteiger partial charge in [-0.2, -0.15) is 9.98 Å². The molecular formula is C34H36F2N4O2. The van der Waals surface area contributed by atoms with Crippen molar-refractivity contribution < 1.29 is 18.2 Å². The molecule has 3 aromatic rings. The number of methoxy groups -OCH3 is 1. The number of hydroxylamine groups is 3. The lowest BCUT2D eigenvalue weighted by atomic mass is 9.90. The van der Waals surface area contributed by atoms with Crippen molar-refractivity contribution in [2.24, 2.45) is 15.4 Å². The number of nitrogens with one attached hydrogen (secondary N) is 1. The van der Waals surface area contributed by atoms with Gasteiger partial charge in [-0.25, -0.2) is 13.4 Å². The molecule has 2 aliphatic heterocycles. The largest absolute Gasteiger partial charge is 0.614 e. The topological polar surface area (TPSA) is 69.0 Å². The van der Waals surface area contributed by atoms with Gasteiger partial charge >= 0.3 is 5.96 Å². The Morgan fingerprint density at radius 3 is 2.21 bits per heavy atom. The average Bonchev–Trinajstić information content (AvgIpc) is 3.25. The van der Waals surface area contributed by atoms with E-state index < -0.39 is 10.1 Å². The highest BCUT2D eigenvalue weighted by atomic mass is 19.1. The van der Waals surface area contributed by atoms with Crippen molar-refractivity contribution in [2.75, 3.05) is 20.2 Å². The van der Waals surface area contributed by atoms with Crippen molar-refractivity contribution in [3.63, 3.8) is 0 Å². The van der Waals surface area contributed by atoms with Gasteiger partial charge in [-0.1, -0.05) is 63.2 Å². The summed E-state index contributed by atoms with van der Waals surface area (Å²) >= 11 is 0. The molecule has 0 aromatic heterocycles. The van der Waals surface area contributed by atoms with Gasteiger partial charge in [0.05, 0.1) is 19.4 Å². The van der Waals surface area contributed by atoms with E-state index in [0.717, 1.165) is 0 Å². The van der Waals surface area contributed by atoms with E-state index in [2.05, 4.69) is 5.32 Å². The number of benzene rings is 3. The molecule has 1 atom stereocenters. The first-order chi connectivity index (χ1) is 20.0. The predicted octanol–water partition coefficient (Wildman–Crippen LogP) is 7.18. The molecule has 0 bridgehead atoms. The first-order valence-corrected chi connectivity index (χ1v) is 14.1. The Kier molecular flexibility index (Phi) is 8.23. The van der Waals surface area contributed by atoms with Crippen molar-refractivity contribution in [3.8, 4) is 5.75 Å². The van der Waals surface area contributed by atoms with Gasteiger partial charge in [0.1, 0.15) is 23.1 Å². The fourth-order valence-corrected chi connectivity index (χ4v) is 5.50. The van der Waals surface area contributed by atoms with Crippen LogP contribution in [0.4, 0.5) is 8.78 Å². The number of ether oxygens (including phenoxy) is 1. The summed E-state index contributed by atoms with van der Waals surface area (Å²) in [6.45, 7) is 8.61. The number of guanidine groups is 1. The molecule has 0 fully saturated rings. The van der Waals surface area contributed by atoms with Gasteiger partial charge in [-0.05, 0) is 61.3 Å². The molecule has 3 aromatic carbocycles. The van der Waals surface area contributed by atoms with E-state index in [4.69, 9.17) is 14.7 Å². The Labute approximate surface area is 245 Å². The molecular weight excluding hydrogens is 534 g/mol. The minimum absolute atomic E-state index is 0.0978. The van der Waals surface area contributed by atoms with Gasteiger partial charge < -0.3 is 15.3 Å². The molecule has 5 rings (SSSR count).